The van der Waals surface area contributed by atoms with Crippen LogP contribution in [0.5, 0.6) is 0 Å². The fourth-order valence-electron chi connectivity index (χ4n) is 2.42. The average Bonchev–Trinajstić information content (AvgIpc) is 3.41. The second-order valence-corrected chi connectivity index (χ2v) is 6.52. The van der Waals surface area contributed by atoms with E-state index in [4.69, 9.17) is 8.83 Å². The number of furan rings is 2. The first kappa shape index (κ1) is 17.0. The molecule has 0 saturated heterocycles. The smallest absolute Gasteiger partial charge is 0.250 e. The summed E-state index contributed by atoms with van der Waals surface area (Å²) in [5, 5.41) is 3.15. The van der Waals surface area contributed by atoms with Crippen molar-refractivity contribution in [2.45, 2.75) is 0 Å². The van der Waals surface area contributed by atoms with Crippen molar-refractivity contribution in [2.75, 3.05) is 5.32 Å². The molecule has 3 heterocycles. The predicted molar refractivity (Wildman–Crippen MR) is 102 cm³/mol. The van der Waals surface area contributed by atoms with Crippen molar-refractivity contribution in [1.29, 1.82) is 0 Å². The highest BCUT2D eigenvalue weighted by Crippen LogP contribution is 2.39. The second kappa shape index (κ2) is 7.43. The molecule has 1 N–H and O–H groups in total. The van der Waals surface area contributed by atoms with Crippen LogP contribution in [0.3, 0.4) is 0 Å². The lowest BCUT2D eigenvalue weighted by molar-refractivity contribution is -0.111. The number of nitrogens with one attached hydrogen (secondary N) is 1. The molecular weight excluding hydrogens is 367 g/mol. The van der Waals surface area contributed by atoms with Gasteiger partial charge in [0.1, 0.15) is 22.1 Å². The molecule has 4 rings (SSSR count). The van der Waals surface area contributed by atoms with Crippen LogP contribution in [0.1, 0.15) is 5.56 Å². The van der Waals surface area contributed by atoms with Gasteiger partial charge in [-0.1, -0.05) is 23.5 Å². The number of nitrogens with zero attached hydrogens (tertiary/aromatic N) is 1. The Kier molecular flexibility index (Phi) is 4.67. The monoisotopic (exact) mass is 380 g/mol. The van der Waals surface area contributed by atoms with Crippen LogP contribution in [0.15, 0.2) is 76.0 Å². The molecule has 0 radical (unpaired) electrons. The van der Waals surface area contributed by atoms with Gasteiger partial charge >= 0.3 is 0 Å². The molecule has 7 heteroatoms. The number of rotatable bonds is 5. The zero-order valence-electron chi connectivity index (χ0n) is 13.9. The van der Waals surface area contributed by atoms with Crippen LogP contribution in [-0.4, -0.2) is 10.9 Å². The summed E-state index contributed by atoms with van der Waals surface area (Å²) in [6, 6.07) is 13.0. The van der Waals surface area contributed by atoms with E-state index in [1.54, 1.807) is 48.9 Å². The Morgan fingerprint density at radius 2 is 1.74 bits per heavy atom. The van der Waals surface area contributed by atoms with E-state index in [1.807, 2.05) is 6.07 Å². The molecule has 0 aliphatic heterocycles. The molecular formula is C20H13FN2O3S. The van der Waals surface area contributed by atoms with Gasteiger partial charge in [0.15, 0.2) is 10.9 Å². The van der Waals surface area contributed by atoms with Gasteiger partial charge in [0.2, 0.25) is 5.91 Å². The summed E-state index contributed by atoms with van der Waals surface area (Å²) in [6.07, 6.45) is 6.10. The van der Waals surface area contributed by atoms with E-state index in [0.29, 0.717) is 22.3 Å². The molecule has 0 aliphatic carbocycles. The Hall–Kier alpha value is -3.45. The van der Waals surface area contributed by atoms with E-state index in [-0.39, 0.29) is 11.7 Å². The molecule has 0 fully saturated rings. The first-order valence-corrected chi connectivity index (χ1v) is 8.84. The quantitative estimate of drug-likeness (QED) is 0.467. The number of benzene rings is 1. The topological polar surface area (TPSA) is 68.3 Å². The minimum atomic E-state index is -0.343. The Morgan fingerprint density at radius 3 is 2.41 bits per heavy atom. The first-order valence-electron chi connectivity index (χ1n) is 8.02. The van der Waals surface area contributed by atoms with Crippen molar-refractivity contribution in [2.24, 2.45) is 0 Å². The summed E-state index contributed by atoms with van der Waals surface area (Å²) in [7, 11) is 0. The van der Waals surface area contributed by atoms with Crippen LogP contribution < -0.4 is 5.32 Å². The highest BCUT2D eigenvalue weighted by molar-refractivity contribution is 7.19. The summed E-state index contributed by atoms with van der Waals surface area (Å²) in [4.78, 5) is 17.4. The maximum atomic E-state index is 12.9. The molecule has 0 spiro atoms. The average molecular weight is 380 g/mol. The normalized spacial score (nSPS) is 11.1. The van der Waals surface area contributed by atoms with Gasteiger partial charge in [-0.25, -0.2) is 9.37 Å². The van der Waals surface area contributed by atoms with Crippen molar-refractivity contribution in [1.82, 2.24) is 4.98 Å². The van der Waals surface area contributed by atoms with Gasteiger partial charge in [0, 0.05) is 6.08 Å². The number of carbonyl (C=O) groups excluding carboxylic acids is 1. The summed E-state index contributed by atoms with van der Waals surface area (Å²) in [5.74, 6) is 0.557. The van der Waals surface area contributed by atoms with E-state index in [9.17, 15) is 9.18 Å². The minimum Gasteiger partial charge on any atom is -0.463 e. The lowest BCUT2D eigenvalue weighted by Crippen LogP contribution is -2.07. The number of carbonyl (C=O) groups is 1. The van der Waals surface area contributed by atoms with Gasteiger partial charge in [-0.2, -0.15) is 0 Å². The van der Waals surface area contributed by atoms with Crippen molar-refractivity contribution in [3.8, 4) is 22.1 Å². The van der Waals surface area contributed by atoms with E-state index in [0.717, 1.165) is 10.4 Å². The molecule has 134 valence electrons. The van der Waals surface area contributed by atoms with Gasteiger partial charge in [0.05, 0.1) is 12.5 Å². The summed E-state index contributed by atoms with van der Waals surface area (Å²) >= 11 is 1.29. The lowest BCUT2D eigenvalue weighted by atomic mass is 10.2. The fraction of sp³-hybridized carbons (Fsp3) is 0. The van der Waals surface area contributed by atoms with E-state index >= 15 is 0 Å². The van der Waals surface area contributed by atoms with Gasteiger partial charge in [-0.05, 0) is 48.0 Å². The third-order valence-electron chi connectivity index (χ3n) is 3.65. The number of hydrogen-bond acceptors (Lipinski definition) is 5. The largest absolute Gasteiger partial charge is 0.463 e. The molecule has 5 nitrogen and oxygen atoms in total. The fourth-order valence-corrected chi connectivity index (χ4v) is 3.36. The summed E-state index contributed by atoms with van der Waals surface area (Å²) in [5.41, 5.74) is 1.32. The van der Waals surface area contributed by atoms with Gasteiger partial charge in [-0.15, -0.1) is 0 Å². The molecule has 0 atom stereocenters. The van der Waals surface area contributed by atoms with Crippen LogP contribution in [0.2, 0.25) is 0 Å². The van der Waals surface area contributed by atoms with Crippen molar-refractivity contribution in [3.05, 3.63) is 78.5 Å². The van der Waals surface area contributed by atoms with E-state index in [2.05, 4.69) is 10.3 Å². The number of anilines is 1. The van der Waals surface area contributed by atoms with Crippen molar-refractivity contribution < 1.29 is 18.0 Å². The number of halogens is 1. The third kappa shape index (κ3) is 3.88. The maximum Gasteiger partial charge on any atom is 0.250 e. The standard InChI is InChI=1S/C20H13FN2O3S/c21-14-8-5-13(6-9-14)7-10-17(24)22-20-23-18(15-3-1-11-25-15)19(27-20)16-4-2-12-26-16/h1-12H,(H,22,23,24)/b10-7+. The first-order chi connectivity index (χ1) is 13.2. The number of aromatic nitrogens is 1. The molecule has 0 aliphatic rings. The number of hydrogen-bond donors (Lipinski definition) is 1. The van der Waals surface area contributed by atoms with Gasteiger partial charge < -0.3 is 8.83 Å². The van der Waals surface area contributed by atoms with Crippen LogP contribution >= 0.6 is 11.3 Å². The molecule has 3 aromatic heterocycles. The number of amides is 1. The minimum absolute atomic E-state index is 0.324. The van der Waals surface area contributed by atoms with Crippen LogP contribution in [0, 0.1) is 5.82 Å². The van der Waals surface area contributed by atoms with E-state index in [1.165, 1.54) is 29.5 Å². The zero-order chi connectivity index (χ0) is 18.6. The van der Waals surface area contributed by atoms with Crippen LogP contribution in [-0.2, 0) is 4.79 Å². The summed E-state index contributed by atoms with van der Waals surface area (Å²) < 4.78 is 23.8. The Balaban J connectivity index is 1.56. The lowest BCUT2D eigenvalue weighted by Gasteiger charge is -1.96. The molecule has 1 aromatic carbocycles. The Morgan fingerprint density at radius 1 is 1.04 bits per heavy atom. The molecule has 1 amide bonds. The molecule has 0 bridgehead atoms. The molecule has 0 unspecified atom stereocenters. The third-order valence-corrected chi connectivity index (χ3v) is 4.64. The highest BCUT2D eigenvalue weighted by Gasteiger charge is 2.19. The second-order valence-electron chi connectivity index (χ2n) is 5.53. The van der Waals surface area contributed by atoms with E-state index < -0.39 is 0 Å². The SMILES string of the molecule is O=C(/C=C/c1ccc(F)cc1)Nc1nc(-c2ccco2)c(-c2ccco2)s1. The molecule has 0 saturated carbocycles. The predicted octanol–water partition coefficient (Wildman–Crippen LogP) is 5.45. The number of thiazole rings is 1. The van der Waals surface area contributed by atoms with Crippen molar-refractivity contribution in [3.63, 3.8) is 0 Å². The van der Waals surface area contributed by atoms with Gasteiger partial charge in [0.25, 0.3) is 0 Å². The Bertz CT molecular complexity index is 1010. The van der Waals surface area contributed by atoms with Crippen molar-refractivity contribution >= 4 is 28.5 Å². The summed E-state index contributed by atoms with van der Waals surface area (Å²) in [6.45, 7) is 0. The molecule has 27 heavy (non-hydrogen) atoms. The van der Waals surface area contributed by atoms with Crippen LogP contribution in [0.25, 0.3) is 28.2 Å². The maximum absolute atomic E-state index is 12.9. The highest BCUT2D eigenvalue weighted by atomic mass is 32.1. The van der Waals surface area contributed by atoms with Gasteiger partial charge in [-0.3, -0.25) is 10.1 Å². The van der Waals surface area contributed by atoms with Crippen LogP contribution in [0.4, 0.5) is 9.52 Å². The Labute approximate surface area is 157 Å². The molecule has 4 aromatic rings. The zero-order valence-corrected chi connectivity index (χ0v) is 14.7.